The fourth-order valence-corrected chi connectivity index (χ4v) is 18.4. The van der Waals surface area contributed by atoms with Crippen LogP contribution in [0.3, 0.4) is 0 Å². The van der Waals surface area contributed by atoms with Gasteiger partial charge in [0.15, 0.2) is 8.07 Å². The van der Waals surface area contributed by atoms with E-state index >= 15 is 0 Å². The topological polar surface area (TPSA) is 9.86 Å². The van der Waals surface area contributed by atoms with Crippen LogP contribution in [-0.4, -0.2) is 17.2 Å². The third kappa shape index (κ3) is 5.84. The molecule has 0 amide bonds. The molecule has 0 radical (unpaired) electrons. The lowest BCUT2D eigenvalue weighted by atomic mass is 10.0. The van der Waals surface area contributed by atoms with E-state index in [1.54, 1.807) is 0 Å². The van der Waals surface area contributed by atoms with Gasteiger partial charge in [-0.05, 0) is 108 Å². The van der Waals surface area contributed by atoms with Gasteiger partial charge in [-0.15, -0.1) is 0 Å². The molecule has 3 heterocycles. The zero-order valence-electron chi connectivity index (χ0n) is 37.1. The van der Waals surface area contributed by atoms with E-state index in [0.717, 1.165) is 5.69 Å². The molecule has 1 aliphatic rings. The minimum Gasteiger partial charge on any atom is -0.309 e. The highest BCUT2D eigenvalue weighted by molar-refractivity contribution is 8.00. The summed E-state index contributed by atoms with van der Waals surface area (Å²) >= 11 is 1.94. The van der Waals surface area contributed by atoms with Crippen molar-refractivity contribution in [3.63, 3.8) is 0 Å². The van der Waals surface area contributed by atoms with Gasteiger partial charge < -0.3 is 9.13 Å². The van der Waals surface area contributed by atoms with Gasteiger partial charge in [-0.25, -0.2) is 0 Å². The minimum atomic E-state index is -3.11. The Balaban J connectivity index is 1.06. The minimum absolute atomic E-state index is 1.16. The summed E-state index contributed by atoms with van der Waals surface area (Å²) in [6.07, 6.45) is 0. The second-order valence-corrected chi connectivity index (χ2v) is 22.8. The van der Waals surface area contributed by atoms with E-state index in [1.165, 1.54) is 113 Å². The van der Waals surface area contributed by atoms with Gasteiger partial charge in [0.25, 0.3) is 0 Å². The van der Waals surface area contributed by atoms with Crippen molar-refractivity contribution in [2.24, 2.45) is 0 Å². The molecule has 2 aromatic heterocycles. The van der Waals surface area contributed by atoms with Gasteiger partial charge in [0.1, 0.15) is 0 Å². The van der Waals surface area contributed by atoms with E-state index in [0.29, 0.717) is 0 Å². The smallest absolute Gasteiger partial charge is 0.181 e. The third-order valence-corrected chi connectivity index (χ3v) is 20.9. The monoisotopic (exact) mass is 898 g/mol. The van der Waals surface area contributed by atoms with Crippen molar-refractivity contribution in [3.8, 4) is 33.6 Å². The first-order valence-electron chi connectivity index (χ1n) is 23.4. The van der Waals surface area contributed by atoms with Crippen molar-refractivity contribution in [1.82, 2.24) is 9.13 Å². The fraction of sp³-hybridized carbons (Fsp3) is 0. The predicted octanol–water partition coefficient (Wildman–Crippen LogP) is 14.2. The Morgan fingerprint density at radius 3 is 1.43 bits per heavy atom. The molecule has 2 nitrogen and oxygen atoms in total. The first-order chi connectivity index (χ1) is 33.7. The number of para-hydroxylation sites is 4. The molecule has 0 fully saturated rings. The van der Waals surface area contributed by atoms with Crippen LogP contribution >= 0.6 is 11.8 Å². The molecule has 4 heteroatoms. The van der Waals surface area contributed by atoms with E-state index < -0.39 is 8.07 Å². The summed E-state index contributed by atoms with van der Waals surface area (Å²) in [5.74, 6) is 0. The molecule has 0 saturated heterocycles. The highest BCUT2D eigenvalue weighted by atomic mass is 32.2. The maximum absolute atomic E-state index is 3.11. The average Bonchev–Trinajstić information content (AvgIpc) is 3.93. The van der Waals surface area contributed by atoms with Gasteiger partial charge in [-0.3, -0.25) is 0 Å². The van der Waals surface area contributed by atoms with Crippen molar-refractivity contribution >= 4 is 95.0 Å². The number of aromatic nitrogens is 2. The van der Waals surface area contributed by atoms with Crippen LogP contribution in [0.5, 0.6) is 0 Å². The van der Waals surface area contributed by atoms with Gasteiger partial charge in [-0.2, -0.15) is 0 Å². The van der Waals surface area contributed by atoms with E-state index in [2.05, 4.69) is 264 Å². The molecule has 0 bridgehead atoms. The lowest BCUT2D eigenvalue weighted by Gasteiger charge is -2.41. The van der Waals surface area contributed by atoms with E-state index in [1.807, 2.05) is 11.8 Å². The molecule has 1 aliphatic heterocycles. The molecule has 1 unspecified atom stereocenters. The van der Waals surface area contributed by atoms with Crippen LogP contribution in [0, 0.1) is 0 Å². The molecule has 11 aromatic carbocycles. The van der Waals surface area contributed by atoms with Gasteiger partial charge >= 0.3 is 0 Å². The molecular formula is C64H42N2SSi. The Morgan fingerprint density at radius 2 is 0.794 bits per heavy atom. The van der Waals surface area contributed by atoms with Crippen molar-refractivity contribution < 1.29 is 0 Å². The quantitative estimate of drug-likeness (QED) is 0.151. The summed E-state index contributed by atoms with van der Waals surface area (Å²) in [7, 11) is -3.11. The van der Waals surface area contributed by atoms with E-state index in [9.17, 15) is 0 Å². The zero-order chi connectivity index (χ0) is 44.8. The predicted molar refractivity (Wildman–Crippen MR) is 291 cm³/mol. The van der Waals surface area contributed by atoms with Crippen molar-refractivity contribution in [2.75, 3.05) is 0 Å². The summed E-state index contributed by atoms with van der Waals surface area (Å²) in [6, 6.07) is 95.5. The molecule has 13 aromatic rings. The van der Waals surface area contributed by atoms with E-state index in [4.69, 9.17) is 0 Å². The van der Waals surface area contributed by atoms with Crippen LogP contribution in [0.4, 0.5) is 0 Å². The number of benzene rings is 11. The Morgan fingerprint density at radius 1 is 0.309 bits per heavy atom. The van der Waals surface area contributed by atoms with Crippen molar-refractivity contribution in [2.45, 2.75) is 9.79 Å². The third-order valence-electron chi connectivity index (χ3n) is 14.5. The lowest BCUT2D eigenvalue weighted by molar-refractivity contribution is 1.13. The Hall–Kier alpha value is -8.15. The van der Waals surface area contributed by atoms with Gasteiger partial charge in [-0.1, -0.05) is 212 Å². The highest BCUT2D eigenvalue weighted by Gasteiger charge is 2.48. The lowest BCUT2D eigenvalue weighted by Crippen LogP contribution is -2.76. The zero-order valence-corrected chi connectivity index (χ0v) is 38.9. The van der Waals surface area contributed by atoms with Crippen molar-refractivity contribution in [3.05, 3.63) is 255 Å². The van der Waals surface area contributed by atoms with Gasteiger partial charge in [0.05, 0.1) is 27.8 Å². The summed E-state index contributed by atoms with van der Waals surface area (Å²) < 4.78 is 4.96. The summed E-state index contributed by atoms with van der Waals surface area (Å²) in [6.45, 7) is 0. The summed E-state index contributed by atoms with van der Waals surface area (Å²) in [5.41, 5.74) is 12.1. The molecule has 318 valence electrons. The highest BCUT2D eigenvalue weighted by Crippen LogP contribution is 2.42. The maximum Gasteiger partial charge on any atom is 0.181 e. The molecule has 1 atom stereocenters. The standard InChI is InChI=1S/C64H42N2SSi/c1-2-15-43(16-3-1)45-31-36-50(37-32-45)68(51-38-34-49(35-39-51)65-56-23-10-6-19-52(56)53-20-7-11-24-57(53)65)62-40-33-48(47-30-29-44-17-4-5-18-46(44)41-47)42-61(62)67-64-60(27-14-28-63(64)68)66-58-25-12-8-21-54(58)55-22-9-13-26-59(55)66/h1-42H. The van der Waals surface area contributed by atoms with Crippen LogP contribution in [0.1, 0.15) is 0 Å². The molecule has 0 aliphatic carbocycles. The number of nitrogens with zero attached hydrogens (tertiary/aromatic N) is 2. The summed E-state index contributed by atoms with van der Waals surface area (Å²) in [4.78, 5) is 2.62. The van der Waals surface area contributed by atoms with Crippen molar-refractivity contribution in [1.29, 1.82) is 0 Å². The summed E-state index contributed by atoms with van der Waals surface area (Å²) in [5, 5.41) is 13.1. The number of hydrogen-bond acceptors (Lipinski definition) is 1. The van der Waals surface area contributed by atoms with Gasteiger partial charge in [0.2, 0.25) is 0 Å². The SMILES string of the molecule is c1ccc(-c2ccc([Si]3(c4ccc(-n5c6ccccc6c6ccccc65)cc4)c4ccc(-c5ccc6ccccc6c5)cc4Sc4c(-n5c6ccccc6c6ccccc65)cccc43)cc2)cc1. The molecule has 68 heavy (non-hydrogen) atoms. The first-order valence-corrected chi connectivity index (χ1v) is 26.2. The Kier molecular flexibility index (Phi) is 8.88. The van der Waals surface area contributed by atoms with E-state index in [-0.39, 0.29) is 0 Å². The van der Waals surface area contributed by atoms with Crippen LogP contribution in [0.25, 0.3) is 88.0 Å². The van der Waals surface area contributed by atoms with Crippen LogP contribution in [0.15, 0.2) is 265 Å². The molecule has 0 N–H and O–H groups in total. The van der Waals surface area contributed by atoms with Crippen LogP contribution in [0.2, 0.25) is 0 Å². The average molecular weight is 899 g/mol. The second kappa shape index (κ2) is 15.5. The Bertz CT molecular complexity index is 4000. The molecule has 0 spiro atoms. The normalized spacial score (nSPS) is 14.5. The number of hydrogen-bond donors (Lipinski definition) is 0. The largest absolute Gasteiger partial charge is 0.309 e. The molecule has 14 rings (SSSR count). The Labute approximate surface area is 400 Å². The van der Waals surface area contributed by atoms with Gasteiger partial charge in [0, 0.05) is 37.0 Å². The second-order valence-electron chi connectivity index (χ2n) is 18.0. The number of rotatable bonds is 6. The number of fused-ring (bicyclic) bond motifs is 9. The molecular weight excluding hydrogens is 857 g/mol. The molecule has 0 saturated carbocycles. The maximum atomic E-state index is 2.53. The van der Waals surface area contributed by atoms with Crippen LogP contribution < -0.4 is 20.7 Å². The first kappa shape index (κ1) is 39.1. The van der Waals surface area contributed by atoms with Crippen LogP contribution in [-0.2, 0) is 0 Å². The fourth-order valence-electron chi connectivity index (χ4n) is 11.4.